The summed E-state index contributed by atoms with van der Waals surface area (Å²) in [6, 6.07) is 16.7. The fourth-order valence-electron chi connectivity index (χ4n) is 3.69. The quantitative estimate of drug-likeness (QED) is 0.450. The van der Waals surface area contributed by atoms with Crippen molar-refractivity contribution in [3.63, 3.8) is 0 Å². The molecule has 2 aromatic carbocycles. The predicted octanol–water partition coefficient (Wildman–Crippen LogP) is 5.50. The number of halogens is 3. The normalized spacial score (nSPS) is 14.0. The van der Waals surface area contributed by atoms with Crippen LogP contribution in [0.3, 0.4) is 0 Å². The van der Waals surface area contributed by atoms with Crippen LogP contribution in [0.2, 0.25) is 0 Å². The van der Waals surface area contributed by atoms with Crippen LogP contribution in [-0.4, -0.2) is 20.7 Å². The minimum absolute atomic E-state index is 0.113. The topological polar surface area (TPSA) is 59.8 Å². The van der Waals surface area contributed by atoms with E-state index in [1.807, 2.05) is 30.3 Å². The van der Waals surface area contributed by atoms with Gasteiger partial charge in [-0.2, -0.15) is 18.3 Å². The van der Waals surface area contributed by atoms with Crippen LogP contribution in [0.15, 0.2) is 66.9 Å². The Morgan fingerprint density at radius 2 is 1.84 bits per heavy atom. The average Bonchev–Trinajstić information content (AvgIpc) is 3.51. The molecule has 0 atom stereocenters. The molecule has 0 aliphatic heterocycles. The molecule has 0 saturated heterocycles. The van der Waals surface area contributed by atoms with Crippen molar-refractivity contribution in [1.82, 2.24) is 14.8 Å². The van der Waals surface area contributed by atoms with Crippen molar-refractivity contribution in [2.24, 2.45) is 0 Å². The van der Waals surface area contributed by atoms with Crippen molar-refractivity contribution in [3.05, 3.63) is 83.8 Å². The zero-order chi connectivity index (χ0) is 22.3. The van der Waals surface area contributed by atoms with E-state index >= 15 is 0 Å². The van der Waals surface area contributed by atoms with Gasteiger partial charge in [0.2, 0.25) is 5.91 Å². The molecule has 2 aromatic heterocycles. The van der Waals surface area contributed by atoms with Crippen LogP contribution < -0.4 is 5.32 Å². The number of carbonyl (C=O) groups excluding carboxylic acids is 1. The first kappa shape index (κ1) is 20.2. The Hall–Kier alpha value is -3.68. The molecule has 0 unspecified atom stereocenters. The third-order valence-corrected chi connectivity index (χ3v) is 5.44. The Labute approximate surface area is 181 Å². The van der Waals surface area contributed by atoms with Crippen LogP contribution in [-0.2, 0) is 17.4 Å². The minimum Gasteiger partial charge on any atom is -0.326 e. The molecule has 0 spiro atoms. The zero-order valence-corrected chi connectivity index (χ0v) is 16.9. The summed E-state index contributed by atoms with van der Waals surface area (Å²) in [4.78, 5) is 16.7. The van der Waals surface area contributed by atoms with Gasteiger partial charge >= 0.3 is 6.18 Å². The number of hydrogen-bond donors (Lipinski definition) is 1. The number of fused-ring (bicyclic) bond motifs is 1. The molecule has 0 bridgehead atoms. The van der Waals surface area contributed by atoms with E-state index in [-0.39, 0.29) is 18.2 Å². The zero-order valence-electron chi connectivity index (χ0n) is 16.9. The van der Waals surface area contributed by atoms with Gasteiger partial charge in [0.05, 0.1) is 23.3 Å². The molecule has 8 heteroatoms. The highest BCUT2D eigenvalue weighted by atomic mass is 19.4. The number of rotatable bonds is 5. The maximum absolute atomic E-state index is 13.5. The van der Waals surface area contributed by atoms with Crippen LogP contribution in [0.25, 0.3) is 16.6 Å². The van der Waals surface area contributed by atoms with E-state index in [4.69, 9.17) is 0 Å². The Bertz CT molecular complexity index is 1290. The maximum atomic E-state index is 13.5. The fourth-order valence-corrected chi connectivity index (χ4v) is 3.69. The first-order valence-electron chi connectivity index (χ1n) is 10.3. The highest BCUT2D eigenvalue weighted by Gasteiger charge is 2.38. The van der Waals surface area contributed by atoms with Gasteiger partial charge in [0.15, 0.2) is 0 Å². The molecule has 4 aromatic rings. The molecular formula is C24H19F3N4O. The summed E-state index contributed by atoms with van der Waals surface area (Å²) in [5.74, 6) is -0.103. The summed E-state index contributed by atoms with van der Waals surface area (Å²) in [6.07, 6.45) is -0.872. The summed E-state index contributed by atoms with van der Waals surface area (Å²) in [5.41, 5.74) is 2.18. The number of carbonyl (C=O) groups is 1. The van der Waals surface area contributed by atoms with Crippen molar-refractivity contribution < 1.29 is 18.0 Å². The van der Waals surface area contributed by atoms with E-state index in [1.165, 1.54) is 12.1 Å². The highest BCUT2D eigenvalue weighted by molar-refractivity contribution is 5.93. The van der Waals surface area contributed by atoms with Gasteiger partial charge in [-0.1, -0.05) is 12.1 Å². The smallest absolute Gasteiger partial charge is 0.326 e. The average molecular weight is 436 g/mol. The molecule has 2 heterocycles. The van der Waals surface area contributed by atoms with Gasteiger partial charge in [0.1, 0.15) is 5.69 Å². The molecular weight excluding hydrogens is 417 g/mol. The summed E-state index contributed by atoms with van der Waals surface area (Å²) < 4.78 is 41.3. The molecule has 1 fully saturated rings. The number of aromatic nitrogens is 3. The second-order valence-corrected chi connectivity index (χ2v) is 7.94. The SMILES string of the molecule is O=C(Cc1ccc2ncccc2c1)Nc1ccc(-n2nc(C3CC3)cc2C(F)(F)F)cc1. The molecule has 1 N–H and O–H groups in total. The van der Waals surface area contributed by atoms with Gasteiger partial charge in [-0.05, 0) is 66.9 Å². The van der Waals surface area contributed by atoms with Gasteiger partial charge in [0.25, 0.3) is 0 Å². The molecule has 0 radical (unpaired) electrons. The van der Waals surface area contributed by atoms with Crippen molar-refractivity contribution in [3.8, 4) is 5.69 Å². The monoisotopic (exact) mass is 436 g/mol. The largest absolute Gasteiger partial charge is 0.433 e. The van der Waals surface area contributed by atoms with Crippen molar-refractivity contribution in [1.29, 1.82) is 0 Å². The summed E-state index contributed by atoms with van der Waals surface area (Å²) in [6.45, 7) is 0. The van der Waals surface area contributed by atoms with E-state index < -0.39 is 11.9 Å². The first-order valence-corrected chi connectivity index (χ1v) is 10.3. The Kier molecular flexibility index (Phi) is 4.92. The molecule has 5 nitrogen and oxygen atoms in total. The number of nitrogens with one attached hydrogen (secondary N) is 1. The maximum Gasteiger partial charge on any atom is 0.433 e. The molecule has 1 aliphatic carbocycles. The van der Waals surface area contributed by atoms with E-state index in [1.54, 1.807) is 18.3 Å². The van der Waals surface area contributed by atoms with Crippen LogP contribution in [0.5, 0.6) is 0 Å². The van der Waals surface area contributed by atoms with Crippen LogP contribution >= 0.6 is 0 Å². The van der Waals surface area contributed by atoms with Crippen molar-refractivity contribution in [2.45, 2.75) is 31.4 Å². The van der Waals surface area contributed by atoms with Gasteiger partial charge in [0, 0.05) is 23.2 Å². The molecule has 5 rings (SSSR count). The number of nitrogens with zero attached hydrogens (tertiary/aromatic N) is 3. The number of hydrogen-bond acceptors (Lipinski definition) is 3. The summed E-state index contributed by atoms with van der Waals surface area (Å²) >= 11 is 0. The number of anilines is 1. The fraction of sp³-hybridized carbons (Fsp3) is 0.208. The Morgan fingerprint density at radius 3 is 2.56 bits per heavy atom. The minimum atomic E-state index is -4.50. The number of benzene rings is 2. The van der Waals surface area contributed by atoms with E-state index in [2.05, 4.69) is 15.4 Å². The van der Waals surface area contributed by atoms with Crippen molar-refractivity contribution >= 4 is 22.5 Å². The summed E-state index contributed by atoms with van der Waals surface area (Å²) in [7, 11) is 0. The highest BCUT2D eigenvalue weighted by Crippen LogP contribution is 2.42. The first-order chi connectivity index (χ1) is 15.4. The van der Waals surface area contributed by atoms with E-state index in [9.17, 15) is 18.0 Å². The number of alkyl halides is 3. The molecule has 1 saturated carbocycles. The Balaban J connectivity index is 1.31. The lowest BCUT2D eigenvalue weighted by Crippen LogP contribution is -2.15. The van der Waals surface area contributed by atoms with E-state index in [0.717, 1.165) is 40.1 Å². The molecule has 1 amide bonds. The second-order valence-electron chi connectivity index (χ2n) is 7.94. The van der Waals surface area contributed by atoms with Gasteiger partial charge < -0.3 is 5.32 Å². The number of pyridine rings is 1. The molecule has 162 valence electrons. The third-order valence-electron chi connectivity index (χ3n) is 5.44. The Morgan fingerprint density at radius 1 is 1.06 bits per heavy atom. The molecule has 32 heavy (non-hydrogen) atoms. The third kappa shape index (κ3) is 4.21. The molecule has 1 aliphatic rings. The van der Waals surface area contributed by atoms with Crippen LogP contribution in [0, 0.1) is 0 Å². The van der Waals surface area contributed by atoms with Gasteiger partial charge in [-0.15, -0.1) is 0 Å². The van der Waals surface area contributed by atoms with Gasteiger partial charge in [-0.25, -0.2) is 4.68 Å². The standard InChI is InChI=1S/C24H19F3N4O/c25-24(26,27)22-14-21(16-4-5-16)30-31(22)19-8-6-18(7-9-19)29-23(32)13-15-3-10-20-17(12-15)2-1-11-28-20/h1-3,6-12,14,16H,4-5,13H2,(H,29,32). The lowest BCUT2D eigenvalue weighted by Gasteiger charge is -2.11. The predicted molar refractivity (Wildman–Crippen MR) is 115 cm³/mol. The van der Waals surface area contributed by atoms with Crippen LogP contribution in [0.4, 0.5) is 18.9 Å². The lowest BCUT2D eigenvalue weighted by atomic mass is 10.1. The summed E-state index contributed by atoms with van der Waals surface area (Å²) in [5, 5.41) is 7.92. The van der Waals surface area contributed by atoms with E-state index in [0.29, 0.717) is 17.1 Å². The van der Waals surface area contributed by atoms with Crippen LogP contribution in [0.1, 0.15) is 35.7 Å². The van der Waals surface area contributed by atoms with Gasteiger partial charge in [-0.3, -0.25) is 9.78 Å². The second kappa shape index (κ2) is 7.78. The number of amides is 1. The lowest BCUT2D eigenvalue weighted by molar-refractivity contribution is -0.142. The van der Waals surface area contributed by atoms with Crippen molar-refractivity contribution in [2.75, 3.05) is 5.32 Å².